The van der Waals surface area contributed by atoms with Crippen LogP contribution >= 0.6 is 11.6 Å². The average molecular weight is 351 g/mol. The van der Waals surface area contributed by atoms with Crippen molar-refractivity contribution in [2.24, 2.45) is 0 Å². The molecule has 4 rings (SSSR count). The summed E-state index contributed by atoms with van der Waals surface area (Å²) in [6, 6.07) is 20.7. The molecule has 0 N–H and O–H groups in total. The van der Waals surface area contributed by atoms with Gasteiger partial charge in [-0.3, -0.25) is 9.36 Å². The molecule has 0 fully saturated rings. The van der Waals surface area contributed by atoms with Crippen LogP contribution in [0.2, 0.25) is 5.02 Å². The summed E-state index contributed by atoms with van der Waals surface area (Å²) in [5.74, 6) is -0.0551. The second kappa shape index (κ2) is 6.15. The molecule has 122 valence electrons. The van der Waals surface area contributed by atoms with Crippen molar-refractivity contribution in [3.05, 3.63) is 94.0 Å². The second-order valence-electron chi connectivity index (χ2n) is 5.56. The summed E-state index contributed by atoms with van der Waals surface area (Å²) in [7, 11) is 0. The molecule has 0 spiro atoms. The Labute approximate surface area is 148 Å². The van der Waals surface area contributed by atoms with E-state index in [0.717, 1.165) is 5.56 Å². The smallest absolute Gasteiger partial charge is 0.266 e. The highest BCUT2D eigenvalue weighted by Gasteiger charge is 2.15. The van der Waals surface area contributed by atoms with Crippen molar-refractivity contribution in [3.63, 3.8) is 0 Å². The molecule has 25 heavy (non-hydrogen) atoms. The first-order chi connectivity index (χ1) is 12.1. The van der Waals surface area contributed by atoms with Crippen molar-refractivity contribution in [2.75, 3.05) is 0 Å². The van der Waals surface area contributed by atoms with Gasteiger partial charge in [0.2, 0.25) is 0 Å². The molecule has 0 bridgehead atoms. The Morgan fingerprint density at radius 3 is 2.40 bits per heavy atom. The highest BCUT2D eigenvalue weighted by atomic mass is 35.5. The third-order valence-electron chi connectivity index (χ3n) is 3.97. The van der Waals surface area contributed by atoms with Gasteiger partial charge in [0.1, 0.15) is 11.6 Å². The number of hydrogen-bond acceptors (Lipinski definition) is 2. The Balaban J connectivity index is 2.12. The Morgan fingerprint density at radius 2 is 1.64 bits per heavy atom. The number of nitrogens with zero attached hydrogens (tertiary/aromatic N) is 2. The van der Waals surface area contributed by atoms with Gasteiger partial charge in [-0.05, 0) is 30.3 Å². The van der Waals surface area contributed by atoms with Crippen molar-refractivity contribution in [1.29, 1.82) is 0 Å². The van der Waals surface area contributed by atoms with Gasteiger partial charge in [0.25, 0.3) is 5.56 Å². The van der Waals surface area contributed by atoms with Gasteiger partial charge in [-0.2, -0.15) is 0 Å². The maximum Gasteiger partial charge on any atom is 0.266 e. The minimum absolute atomic E-state index is 0.0448. The summed E-state index contributed by atoms with van der Waals surface area (Å²) in [4.78, 5) is 17.8. The second-order valence-corrected chi connectivity index (χ2v) is 5.96. The number of para-hydroxylation sites is 1. The summed E-state index contributed by atoms with van der Waals surface area (Å²) in [6.45, 7) is 0. The minimum atomic E-state index is -0.534. The van der Waals surface area contributed by atoms with E-state index >= 15 is 0 Å². The van der Waals surface area contributed by atoms with E-state index in [4.69, 9.17) is 11.6 Å². The summed E-state index contributed by atoms with van der Waals surface area (Å²) >= 11 is 5.92. The SMILES string of the molecule is O=c1c2ccccc2nc(-c2ccccc2)n1-c1ccc(F)c(Cl)c1. The van der Waals surface area contributed by atoms with E-state index in [-0.39, 0.29) is 10.6 Å². The molecule has 0 aliphatic heterocycles. The van der Waals surface area contributed by atoms with E-state index in [1.165, 1.54) is 22.8 Å². The predicted octanol–water partition coefficient (Wildman–Crippen LogP) is 4.85. The van der Waals surface area contributed by atoms with E-state index in [9.17, 15) is 9.18 Å². The fraction of sp³-hybridized carbons (Fsp3) is 0. The zero-order valence-electron chi connectivity index (χ0n) is 13.0. The van der Waals surface area contributed by atoms with Crippen LogP contribution in [0, 0.1) is 5.82 Å². The van der Waals surface area contributed by atoms with Crippen molar-refractivity contribution in [2.45, 2.75) is 0 Å². The number of halogens is 2. The predicted molar refractivity (Wildman–Crippen MR) is 97.7 cm³/mol. The first kappa shape index (κ1) is 15.5. The highest BCUT2D eigenvalue weighted by molar-refractivity contribution is 6.30. The molecule has 1 heterocycles. The third-order valence-corrected chi connectivity index (χ3v) is 4.26. The Morgan fingerprint density at radius 1 is 0.920 bits per heavy atom. The van der Waals surface area contributed by atoms with Crippen LogP contribution in [-0.2, 0) is 0 Å². The van der Waals surface area contributed by atoms with E-state index in [1.807, 2.05) is 36.4 Å². The van der Waals surface area contributed by atoms with Crippen molar-refractivity contribution < 1.29 is 4.39 Å². The molecule has 5 heteroatoms. The maximum absolute atomic E-state index is 13.6. The third kappa shape index (κ3) is 2.71. The number of aromatic nitrogens is 2. The van der Waals surface area contributed by atoms with Crippen LogP contribution in [0.1, 0.15) is 0 Å². The van der Waals surface area contributed by atoms with Crippen LogP contribution in [0.25, 0.3) is 28.0 Å². The quantitative estimate of drug-likeness (QED) is 0.518. The first-order valence-corrected chi connectivity index (χ1v) is 8.05. The summed E-state index contributed by atoms with van der Waals surface area (Å²) in [5, 5.41) is 0.444. The molecule has 0 atom stereocenters. The zero-order valence-corrected chi connectivity index (χ0v) is 13.7. The number of benzene rings is 3. The summed E-state index contributed by atoms with van der Waals surface area (Å²) in [5.41, 5.74) is 1.63. The van der Waals surface area contributed by atoms with Crippen molar-refractivity contribution in [3.8, 4) is 17.1 Å². The Kier molecular flexibility index (Phi) is 3.82. The molecule has 0 unspecified atom stereocenters. The van der Waals surface area contributed by atoms with Crippen LogP contribution in [0.5, 0.6) is 0 Å². The molecule has 4 aromatic rings. The molecule has 0 aliphatic rings. The largest absolute Gasteiger partial charge is 0.268 e. The van der Waals surface area contributed by atoms with Gasteiger partial charge < -0.3 is 0 Å². The highest BCUT2D eigenvalue weighted by Crippen LogP contribution is 2.24. The minimum Gasteiger partial charge on any atom is -0.268 e. The molecule has 3 aromatic carbocycles. The molecule has 0 saturated carbocycles. The van der Waals surface area contributed by atoms with Crippen LogP contribution in [0.15, 0.2) is 77.6 Å². The molecule has 0 amide bonds. The van der Waals surface area contributed by atoms with E-state index in [1.54, 1.807) is 18.2 Å². The molecule has 3 nitrogen and oxygen atoms in total. The monoisotopic (exact) mass is 350 g/mol. The van der Waals surface area contributed by atoms with Gasteiger partial charge in [-0.1, -0.05) is 54.1 Å². The maximum atomic E-state index is 13.6. The average Bonchev–Trinajstić information content (AvgIpc) is 2.65. The van der Waals surface area contributed by atoms with Gasteiger partial charge in [-0.25, -0.2) is 9.37 Å². The van der Waals surface area contributed by atoms with Gasteiger partial charge in [-0.15, -0.1) is 0 Å². The fourth-order valence-electron chi connectivity index (χ4n) is 2.78. The Bertz CT molecular complexity index is 1140. The number of hydrogen-bond donors (Lipinski definition) is 0. The van der Waals surface area contributed by atoms with Gasteiger partial charge in [0.05, 0.1) is 21.6 Å². The van der Waals surface area contributed by atoms with Crippen LogP contribution in [-0.4, -0.2) is 9.55 Å². The molecular formula is C20H12ClFN2O. The summed E-state index contributed by atoms with van der Waals surface area (Å²) in [6.07, 6.45) is 0. The lowest BCUT2D eigenvalue weighted by molar-refractivity contribution is 0.627. The lowest BCUT2D eigenvalue weighted by Gasteiger charge is -2.14. The van der Waals surface area contributed by atoms with Crippen LogP contribution in [0.4, 0.5) is 4.39 Å². The van der Waals surface area contributed by atoms with Gasteiger partial charge in [0.15, 0.2) is 0 Å². The number of fused-ring (bicyclic) bond motifs is 1. The summed E-state index contributed by atoms with van der Waals surface area (Å²) < 4.78 is 15.0. The molecule has 0 saturated heterocycles. The molecule has 0 aliphatic carbocycles. The molecular weight excluding hydrogens is 339 g/mol. The van der Waals surface area contributed by atoms with Crippen LogP contribution in [0.3, 0.4) is 0 Å². The van der Waals surface area contributed by atoms with Crippen molar-refractivity contribution >= 4 is 22.5 Å². The number of rotatable bonds is 2. The van der Waals surface area contributed by atoms with Gasteiger partial charge >= 0.3 is 0 Å². The van der Waals surface area contributed by atoms with E-state index < -0.39 is 5.82 Å². The molecule has 1 aromatic heterocycles. The zero-order chi connectivity index (χ0) is 17.4. The van der Waals surface area contributed by atoms with Crippen molar-refractivity contribution in [1.82, 2.24) is 9.55 Å². The Hall–Kier alpha value is -2.98. The topological polar surface area (TPSA) is 34.9 Å². The van der Waals surface area contributed by atoms with E-state index in [2.05, 4.69) is 4.98 Å². The molecule has 0 radical (unpaired) electrons. The van der Waals surface area contributed by atoms with E-state index in [0.29, 0.717) is 22.4 Å². The standard InChI is InChI=1S/C20H12ClFN2O/c21-16-12-14(10-11-17(16)22)24-19(13-6-2-1-3-7-13)23-18-9-5-4-8-15(18)20(24)25/h1-12H. The lowest BCUT2D eigenvalue weighted by Crippen LogP contribution is -2.22. The first-order valence-electron chi connectivity index (χ1n) is 7.68. The van der Waals surface area contributed by atoms with Gasteiger partial charge in [0, 0.05) is 5.56 Å². The lowest BCUT2D eigenvalue weighted by atomic mass is 10.1. The van der Waals surface area contributed by atoms with Crippen LogP contribution < -0.4 is 5.56 Å². The normalized spacial score (nSPS) is 11.0. The fourth-order valence-corrected chi connectivity index (χ4v) is 2.95.